The summed E-state index contributed by atoms with van der Waals surface area (Å²) in [4.78, 5) is 3.92. The molecule has 0 saturated heterocycles. The van der Waals surface area contributed by atoms with Crippen molar-refractivity contribution in [2.24, 2.45) is 0 Å². The van der Waals surface area contributed by atoms with Crippen LogP contribution in [0.4, 0.5) is 0 Å². The Labute approximate surface area is 71.3 Å². The van der Waals surface area contributed by atoms with Crippen LogP contribution < -0.4 is 0 Å². The average molecular weight is 162 g/mol. The smallest absolute Gasteiger partial charge is 0.143 e. The summed E-state index contributed by atoms with van der Waals surface area (Å²) >= 11 is 0. The Bertz CT molecular complexity index is 315. The summed E-state index contributed by atoms with van der Waals surface area (Å²) in [5.74, 6) is 0. The Kier molecular flexibility index (Phi) is 2.78. The van der Waals surface area contributed by atoms with Crippen molar-refractivity contribution in [2.75, 3.05) is 0 Å². The third kappa shape index (κ3) is 1.60. The lowest BCUT2D eigenvalue weighted by atomic mass is 10.1. The third-order valence-corrected chi connectivity index (χ3v) is 1.69. The van der Waals surface area contributed by atoms with Crippen LogP contribution in [-0.4, -0.2) is 10.1 Å². The maximum Gasteiger partial charge on any atom is 0.143 e. The summed E-state index contributed by atoms with van der Waals surface area (Å²) in [5, 5.41) is 17.4. The number of pyridine rings is 1. The summed E-state index contributed by atoms with van der Waals surface area (Å²) in [6.07, 6.45) is 2.29. The molecule has 0 radical (unpaired) electrons. The van der Waals surface area contributed by atoms with Gasteiger partial charge < -0.3 is 5.11 Å². The first kappa shape index (κ1) is 8.69. The predicted octanol–water partition coefficient (Wildman–Crippen LogP) is 1.01. The Morgan fingerprint density at radius 1 is 1.67 bits per heavy atom. The van der Waals surface area contributed by atoms with Gasteiger partial charge in [-0.15, -0.1) is 0 Å². The van der Waals surface area contributed by atoms with Crippen LogP contribution in [0.15, 0.2) is 12.3 Å². The van der Waals surface area contributed by atoms with Crippen molar-refractivity contribution in [3.63, 3.8) is 0 Å². The maximum atomic E-state index is 8.80. The number of aryl methyl sites for hydroxylation is 1. The quantitative estimate of drug-likeness (QED) is 0.706. The minimum Gasteiger partial charge on any atom is -0.392 e. The van der Waals surface area contributed by atoms with Gasteiger partial charge in [0.2, 0.25) is 0 Å². The highest BCUT2D eigenvalue weighted by Gasteiger charge is 2.01. The van der Waals surface area contributed by atoms with E-state index in [-0.39, 0.29) is 6.61 Å². The van der Waals surface area contributed by atoms with Crippen LogP contribution in [0.2, 0.25) is 0 Å². The van der Waals surface area contributed by atoms with Crippen molar-refractivity contribution in [1.29, 1.82) is 5.26 Å². The lowest BCUT2D eigenvalue weighted by Crippen LogP contribution is -1.95. The second-order valence-electron chi connectivity index (χ2n) is 2.47. The summed E-state index contributed by atoms with van der Waals surface area (Å²) < 4.78 is 0. The van der Waals surface area contributed by atoms with Gasteiger partial charge >= 0.3 is 0 Å². The summed E-state index contributed by atoms with van der Waals surface area (Å²) in [5.41, 5.74) is 2.10. The molecule has 3 heteroatoms. The van der Waals surface area contributed by atoms with Crippen LogP contribution in [0.25, 0.3) is 0 Å². The van der Waals surface area contributed by atoms with Crippen LogP contribution >= 0.6 is 0 Å². The number of aliphatic hydroxyl groups is 1. The molecular weight excluding hydrogens is 152 g/mol. The van der Waals surface area contributed by atoms with E-state index in [9.17, 15) is 0 Å². The normalized spacial score (nSPS) is 9.42. The molecule has 1 heterocycles. The fourth-order valence-corrected chi connectivity index (χ4v) is 1.02. The van der Waals surface area contributed by atoms with Crippen molar-refractivity contribution in [2.45, 2.75) is 20.0 Å². The molecule has 0 aromatic carbocycles. The minimum atomic E-state index is -0.0221. The monoisotopic (exact) mass is 162 g/mol. The Morgan fingerprint density at radius 3 is 2.92 bits per heavy atom. The van der Waals surface area contributed by atoms with E-state index in [1.54, 1.807) is 0 Å². The average Bonchev–Trinajstić information content (AvgIpc) is 2.16. The number of aromatic nitrogens is 1. The molecule has 1 rings (SSSR count). The van der Waals surface area contributed by atoms with Gasteiger partial charge in [0, 0.05) is 6.20 Å². The molecule has 62 valence electrons. The molecule has 0 spiro atoms. The van der Waals surface area contributed by atoms with E-state index in [2.05, 4.69) is 4.98 Å². The highest BCUT2D eigenvalue weighted by Crippen LogP contribution is 2.08. The molecule has 1 aromatic heterocycles. The Hall–Kier alpha value is -1.40. The molecular formula is C9H10N2O. The van der Waals surface area contributed by atoms with E-state index in [1.165, 1.54) is 6.20 Å². The number of aliphatic hydroxyl groups excluding tert-OH is 1. The van der Waals surface area contributed by atoms with Gasteiger partial charge in [0.15, 0.2) is 0 Å². The van der Waals surface area contributed by atoms with E-state index in [1.807, 2.05) is 19.1 Å². The molecule has 0 saturated carbocycles. The standard InChI is InChI=1S/C9H10N2O/c1-2-8-3-7(6-12)5-11-9(8)4-10/h3,5,12H,2,6H2,1H3. The zero-order valence-electron chi connectivity index (χ0n) is 6.91. The molecule has 0 atom stereocenters. The molecule has 0 aliphatic rings. The van der Waals surface area contributed by atoms with Crippen LogP contribution in [0, 0.1) is 11.3 Å². The zero-order valence-corrected chi connectivity index (χ0v) is 6.91. The molecule has 1 N–H and O–H groups in total. The largest absolute Gasteiger partial charge is 0.392 e. The first-order chi connectivity index (χ1) is 5.81. The van der Waals surface area contributed by atoms with Crippen molar-refractivity contribution in [3.05, 3.63) is 29.1 Å². The second kappa shape index (κ2) is 3.84. The molecule has 0 unspecified atom stereocenters. The number of nitriles is 1. The number of nitrogens with zero attached hydrogens (tertiary/aromatic N) is 2. The van der Waals surface area contributed by atoms with Crippen LogP contribution in [0.3, 0.4) is 0 Å². The Morgan fingerprint density at radius 2 is 2.42 bits per heavy atom. The van der Waals surface area contributed by atoms with Crippen LogP contribution in [0.5, 0.6) is 0 Å². The number of rotatable bonds is 2. The van der Waals surface area contributed by atoms with Gasteiger partial charge in [0.1, 0.15) is 11.8 Å². The van der Waals surface area contributed by atoms with E-state index < -0.39 is 0 Å². The zero-order chi connectivity index (χ0) is 8.97. The summed E-state index contributed by atoms with van der Waals surface area (Å²) in [6.45, 7) is 1.94. The highest BCUT2D eigenvalue weighted by molar-refractivity contribution is 5.33. The molecule has 0 amide bonds. The van der Waals surface area contributed by atoms with Gasteiger partial charge in [0.05, 0.1) is 6.61 Å². The van der Waals surface area contributed by atoms with Crippen LogP contribution in [0.1, 0.15) is 23.7 Å². The van der Waals surface area contributed by atoms with Crippen molar-refractivity contribution in [3.8, 4) is 6.07 Å². The fraction of sp³-hybridized carbons (Fsp3) is 0.333. The molecule has 0 aliphatic carbocycles. The van der Waals surface area contributed by atoms with Crippen molar-refractivity contribution in [1.82, 2.24) is 4.98 Å². The van der Waals surface area contributed by atoms with Gasteiger partial charge in [-0.2, -0.15) is 5.26 Å². The van der Waals surface area contributed by atoms with E-state index >= 15 is 0 Å². The lowest BCUT2D eigenvalue weighted by molar-refractivity contribution is 0.281. The Balaban J connectivity index is 3.13. The number of hydrogen-bond donors (Lipinski definition) is 1. The van der Waals surface area contributed by atoms with Crippen LogP contribution in [-0.2, 0) is 13.0 Å². The molecule has 0 bridgehead atoms. The molecule has 12 heavy (non-hydrogen) atoms. The van der Waals surface area contributed by atoms with E-state index in [4.69, 9.17) is 10.4 Å². The first-order valence-electron chi connectivity index (χ1n) is 3.80. The second-order valence-corrected chi connectivity index (χ2v) is 2.47. The van der Waals surface area contributed by atoms with Gasteiger partial charge in [-0.25, -0.2) is 4.98 Å². The van der Waals surface area contributed by atoms with Crippen molar-refractivity contribution >= 4 is 0 Å². The third-order valence-electron chi connectivity index (χ3n) is 1.69. The SMILES string of the molecule is CCc1cc(CO)cnc1C#N. The van der Waals surface area contributed by atoms with Gasteiger partial charge in [-0.3, -0.25) is 0 Å². The molecule has 1 aromatic rings. The lowest BCUT2D eigenvalue weighted by Gasteiger charge is -2.01. The number of hydrogen-bond acceptors (Lipinski definition) is 3. The van der Waals surface area contributed by atoms with E-state index in [0.29, 0.717) is 5.69 Å². The van der Waals surface area contributed by atoms with Crippen molar-refractivity contribution < 1.29 is 5.11 Å². The van der Waals surface area contributed by atoms with E-state index in [0.717, 1.165) is 17.5 Å². The molecule has 3 nitrogen and oxygen atoms in total. The highest BCUT2D eigenvalue weighted by atomic mass is 16.3. The topological polar surface area (TPSA) is 56.9 Å². The first-order valence-corrected chi connectivity index (χ1v) is 3.80. The molecule has 0 fully saturated rings. The maximum absolute atomic E-state index is 8.80. The van der Waals surface area contributed by atoms with Gasteiger partial charge in [-0.05, 0) is 23.6 Å². The molecule has 0 aliphatic heterocycles. The van der Waals surface area contributed by atoms with Gasteiger partial charge in [-0.1, -0.05) is 6.92 Å². The predicted molar refractivity (Wildman–Crippen MR) is 44.3 cm³/mol. The minimum absolute atomic E-state index is 0.0221. The summed E-state index contributed by atoms with van der Waals surface area (Å²) in [6, 6.07) is 3.82. The summed E-state index contributed by atoms with van der Waals surface area (Å²) in [7, 11) is 0. The van der Waals surface area contributed by atoms with Gasteiger partial charge in [0.25, 0.3) is 0 Å². The fourth-order valence-electron chi connectivity index (χ4n) is 1.02.